The predicted molar refractivity (Wildman–Crippen MR) is 63.9 cm³/mol. The minimum Gasteiger partial charge on any atom is -0.329 e. The molecule has 0 saturated carbocycles. The van der Waals surface area contributed by atoms with Crippen LogP contribution in [0.15, 0.2) is 59.5 Å². The van der Waals surface area contributed by atoms with Gasteiger partial charge >= 0.3 is 0 Å². The molecule has 0 fully saturated rings. The van der Waals surface area contributed by atoms with E-state index in [1.54, 1.807) is 36.7 Å². The highest BCUT2D eigenvalue weighted by atomic mass is 16.1. The van der Waals surface area contributed by atoms with Crippen molar-refractivity contribution in [1.29, 1.82) is 0 Å². The molecule has 1 N–H and O–H groups in total. The van der Waals surface area contributed by atoms with Crippen molar-refractivity contribution in [3.8, 4) is 0 Å². The van der Waals surface area contributed by atoms with Gasteiger partial charge in [-0.2, -0.15) is 0 Å². The fraction of sp³-hybridized carbons (Fsp3) is 0. The Morgan fingerprint density at radius 1 is 1.40 bits per heavy atom. The summed E-state index contributed by atoms with van der Waals surface area (Å²) in [4.78, 5) is 17.8. The number of H-pyrrole nitrogens is 1. The summed E-state index contributed by atoms with van der Waals surface area (Å²) in [6.07, 6.45) is 8.07. The molecule has 3 nitrogen and oxygen atoms in total. The average molecular weight is 200 g/mol. The molecule has 0 unspecified atom stereocenters. The van der Waals surface area contributed by atoms with Crippen molar-refractivity contribution < 1.29 is 0 Å². The lowest BCUT2D eigenvalue weighted by Crippen LogP contribution is -2.03. The van der Waals surface area contributed by atoms with Gasteiger partial charge in [0.1, 0.15) is 0 Å². The Morgan fingerprint density at radius 3 is 2.80 bits per heavy atom. The summed E-state index contributed by atoms with van der Waals surface area (Å²) in [5.74, 6) is 0. The second kappa shape index (κ2) is 5.54. The molecule has 0 saturated heterocycles. The standard InChI is InChI=1S/C12H12N2O/c1-3-5-11(13-7-4-2)10-6-8-14-12(15)9-10/h3-9H,1-2H2,(H,14,15)/b11-5-,13-7?. The molecular formula is C12H12N2O. The molecule has 1 aromatic rings. The van der Waals surface area contributed by atoms with Crippen LogP contribution in [0.2, 0.25) is 0 Å². The quantitative estimate of drug-likeness (QED) is 0.587. The zero-order valence-corrected chi connectivity index (χ0v) is 8.31. The average Bonchev–Trinajstić information content (AvgIpc) is 2.24. The summed E-state index contributed by atoms with van der Waals surface area (Å²) in [7, 11) is 0. The second-order valence-electron chi connectivity index (χ2n) is 2.74. The van der Waals surface area contributed by atoms with Crippen LogP contribution in [0, 0.1) is 0 Å². The highest BCUT2D eigenvalue weighted by Gasteiger charge is 1.97. The third kappa shape index (κ3) is 3.23. The van der Waals surface area contributed by atoms with E-state index in [9.17, 15) is 4.79 Å². The van der Waals surface area contributed by atoms with E-state index in [0.717, 1.165) is 5.56 Å². The molecule has 0 radical (unpaired) electrons. The maximum atomic E-state index is 11.1. The number of nitrogens with one attached hydrogen (secondary N) is 1. The van der Waals surface area contributed by atoms with Gasteiger partial charge < -0.3 is 4.98 Å². The molecule has 3 heteroatoms. The Kier molecular flexibility index (Phi) is 4.04. The number of pyridine rings is 1. The van der Waals surface area contributed by atoms with Gasteiger partial charge in [-0.15, -0.1) is 0 Å². The van der Waals surface area contributed by atoms with Crippen molar-refractivity contribution in [2.45, 2.75) is 0 Å². The summed E-state index contributed by atoms with van der Waals surface area (Å²) in [5.41, 5.74) is 1.27. The molecule has 0 atom stereocenters. The Labute approximate surface area is 88.2 Å². The monoisotopic (exact) mass is 200 g/mol. The Balaban J connectivity index is 3.15. The number of aromatic nitrogens is 1. The molecule has 76 valence electrons. The van der Waals surface area contributed by atoms with E-state index in [1.807, 2.05) is 0 Å². The number of hydrogen-bond donors (Lipinski definition) is 1. The highest BCUT2D eigenvalue weighted by Crippen LogP contribution is 2.12. The molecule has 0 bridgehead atoms. The second-order valence-corrected chi connectivity index (χ2v) is 2.74. The first kappa shape index (κ1) is 10.9. The van der Waals surface area contributed by atoms with Crippen LogP contribution in [-0.2, 0) is 0 Å². The summed E-state index contributed by atoms with van der Waals surface area (Å²) in [6.45, 7) is 7.13. The largest absolute Gasteiger partial charge is 0.329 e. The lowest BCUT2D eigenvalue weighted by molar-refractivity contribution is 1.22. The van der Waals surface area contributed by atoms with Gasteiger partial charge in [0, 0.05) is 24.0 Å². The van der Waals surface area contributed by atoms with E-state index in [0.29, 0.717) is 5.70 Å². The van der Waals surface area contributed by atoms with Gasteiger partial charge in [-0.25, -0.2) is 0 Å². The summed E-state index contributed by atoms with van der Waals surface area (Å²) in [6, 6.07) is 3.26. The van der Waals surface area contributed by atoms with Crippen LogP contribution < -0.4 is 5.56 Å². The van der Waals surface area contributed by atoms with Crippen molar-refractivity contribution >= 4 is 11.9 Å². The number of aromatic amines is 1. The molecule has 1 rings (SSSR count). The number of hydrogen-bond acceptors (Lipinski definition) is 2. The van der Waals surface area contributed by atoms with Gasteiger partial charge in [-0.05, 0) is 12.1 Å². The van der Waals surface area contributed by atoms with Crippen molar-refractivity contribution in [3.05, 3.63) is 65.6 Å². The molecule has 0 amide bonds. The minimum absolute atomic E-state index is 0.156. The number of rotatable bonds is 4. The van der Waals surface area contributed by atoms with E-state index in [4.69, 9.17) is 0 Å². The van der Waals surface area contributed by atoms with Crippen molar-refractivity contribution in [1.82, 2.24) is 4.98 Å². The number of aliphatic imine (C=N–C) groups is 1. The van der Waals surface area contributed by atoms with E-state index in [-0.39, 0.29) is 5.56 Å². The molecule has 15 heavy (non-hydrogen) atoms. The van der Waals surface area contributed by atoms with E-state index in [2.05, 4.69) is 23.1 Å². The minimum atomic E-state index is -0.156. The topological polar surface area (TPSA) is 45.2 Å². The Morgan fingerprint density at radius 2 is 2.20 bits per heavy atom. The third-order valence-electron chi connectivity index (χ3n) is 1.67. The molecule has 1 aromatic heterocycles. The van der Waals surface area contributed by atoms with Crippen molar-refractivity contribution in [2.24, 2.45) is 4.99 Å². The summed E-state index contributed by atoms with van der Waals surface area (Å²) < 4.78 is 0. The normalized spacial score (nSPS) is 11.6. The molecule has 0 spiro atoms. The van der Waals surface area contributed by atoms with Gasteiger partial charge in [0.05, 0.1) is 5.70 Å². The highest BCUT2D eigenvalue weighted by molar-refractivity contribution is 5.79. The van der Waals surface area contributed by atoms with Crippen LogP contribution in [0.4, 0.5) is 0 Å². The van der Waals surface area contributed by atoms with Crippen molar-refractivity contribution in [2.75, 3.05) is 0 Å². The summed E-state index contributed by atoms with van der Waals surface area (Å²) in [5, 5.41) is 0. The fourth-order valence-corrected chi connectivity index (χ4v) is 1.06. The van der Waals surface area contributed by atoms with Crippen LogP contribution >= 0.6 is 0 Å². The van der Waals surface area contributed by atoms with Crippen LogP contribution in [0.1, 0.15) is 5.56 Å². The van der Waals surface area contributed by atoms with Gasteiger partial charge in [0.2, 0.25) is 5.56 Å². The first-order chi connectivity index (χ1) is 7.27. The van der Waals surface area contributed by atoms with E-state index >= 15 is 0 Å². The van der Waals surface area contributed by atoms with Crippen LogP contribution in [0.3, 0.4) is 0 Å². The van der Waals surface area contributed by atoms with Crippen LogP contribution in [0.25, 0.3) is 5.70 Å². The maximum absolute atomic E-state index is 11.1. The Hall–Kier alpha value is -2.16. The number of allylic oxidation sites excluding steroid dienone is 3. The van der Waals surface area contributed by atoms with Crippen molar-refractivity contribution in [3.63, 3.8) is 0 Å². The zero-order chi connectivity index (χ0) is 11.1. The van der Waals surface area contributed by atoms with Gasteiger partial charge in [-0.1, -0.05) is 25.3 Å². The third-order valence-corrected chi connectivity index (χ3v) is 1.67. The van der Waals surface area contributed by atoms with Gasteiger partial charge in [0.25, 0.3) is 0 Å². The first-order valence-corrected chi connectivity index (χ1v) is 4.45. The summed E-state index contributed by atoms with van der Waals surface area (Å²) >= 11 is 0. The van der Waals surface area contributed by atoms with Crippen LogP contribution in [-0.4, -0.2) is 11.2 Å². The Bertz CT molecular complexity index is 467. The lowest BCUT2D eigenvalue weighted by Gasteiger charge is -1.99. The lowest BCUT2D eigenvalue weighted by atomic mass is 10.2. The molecule has 1 heterocycles. The van der Waals surface area contributed by atoms with Gasteiger partial charge in [0.15, 0.2) is 0 Å². The van der Waals surface area contributed by atoms with E-state index < -0.39 is 0 Å². The first-order valence-electron chi connectivity index (χ1n) is 4.45. The fourth-order valence-electron chi connectivity index (χ4n) is 1.06. The van der Waals surface area contributed by atoms with Gasteiger partial charge in [-0.3, -0.25) is 9.79 Å². The molecular weight excluding hydrogens is 188 g/mol. The maximum Gasteiger partial charge on any atom is 0.248 e. The number of nitrogens with zero attached hydrogens (tertiary/aromatic N) is 1. The molecule has 0 aliphatic rings. The zero-order valence-electron chi connectivity index (χ0n) is 8.31. The SMILES string of the molecule is C=CC=N/C(=C\C=C)c1cc[nH]c(=O)c1. The van der Waals surface area contributed by atoms with E-state index in [1.165, 1.54) is 6.07 Å². The molecule has 0 aromatic carbocycles. The molecule has 0 aliphatic heterocycles. The van der Waals surface area contributed by atoms with Crippen LogP contribution in [0.5, 0.6) is 0 Å². The predicted octanol–water partition coefficient (Wildman–Crippen LogP) is 2.16. The smallest absolute Gasteiger partial charge is 0.248 e. The molecule has 0 aliphatic carbocycles.